The van der Waals surface area contributed by atoms with E-state index in [-0.39, 0.29) is 24.0 Å². The molecule has 2 N–H and O–H groups in total. The molecule has 1 aromatic rings. The van der Waals surface area contributed by atoms with Gasteiger partial charge in [0.05, 0.1) is 21.3 Å². The Balaban J connectivity index is 0.00000420. The Bertz CT molecular complexity index is 624. The predicted molar refractivity (Wildman–Crippen MR) is 129 cm³/mol. The molecule has 0 saturated carbocycles. The molecule has 0 radical (unpaired) electrons. The standard InChI is InChI=1S/C21H36N4O3.HI/c1-15(2)17(25-9-7-8-10-25)14-24-21(22-3)23-13-16-11-18(26-4)20(28-6)19(12-16)27-5;/h11-12,15,17H,7-10,13-14H2,1-6H3,(H2,22,23,24);1H. The number of aliphatic imine (C=N–C) groups is 1. The Morgan fingerprint density at radius 2 is 1.62 bits per heavy atom. The summed E-state index contributed by atoms with van der Waals surface area (Å²) < 4.78 is 16.2. The van der Waals surface area contributed by atoms with Crippen LogP contribution in [0.1, 0.15) is 32.3 Å². The lowest BCUT2D eigenvalue weighted by Gasteiger charge is -2.31. The Morgan fingerprint density at radius 1 is 1.03 bits per heavy atom. The van der Waals surface area contributed by atoms with Crippen molar-refractivity contribution in [3.63, 3.8) is 0 Å². The number of hydrogen-bond donors (Lipinski definition) is 2. The minimum absolute atomic E-state index is 0. The van der Waals surface area contributed by atoms with E-state index < -0.39 is 0 Å². The number of benzene rings is 1. The normalized spacial score (nSPS) is 15.6. The lowest BCUT2D eigenvalue weighted by Crippen LogP contribution is -2.48. The van der Waals surface area contributed by atoms with Crippen molar-refractivity contribution in [3.8, 4) is 17.2 Å². The molecule has 1 aromatic carbocycles. The zero-order chi connectivity index (χ0) is 20.5. The maximum atomic E-state index is 5.43. The number of nitrogens with one attached hydrogen (secondary N) is 2. The predicted octanol–water partition coefficient (Wildman–Crippen LogP) is 3.12. The Labute approximate surface area is 192 Å². The molecule has 8 heteroatoms. The second-order valence-corrected chi connectivity index (χ2v) is 7.39. The van der Waals surface area contributed by atoms with Crippen molar-refractivity contribution in [3.05, 3.63) is 17.7 Å². The van der Waals surface area contributed by atoms with E-state index in [2.05, 4.69) is 34.4 Å². The van der Waals surface area contributed by atoms with Crippen LogP contribution < -0.4 is 24.8 Å². The van der Waals surface area contributed by atoms with Crippen LogP contribution in [-0.4, -0.2) is 64.9 Å². The SMILES string of the molecule is CN=C(NCc1cc(OC)c(OC)c(OC)c1)NCC(C(C)C)N1CCCC1.I. The summed E-state index contributed by atoms with van der Waals surface area (Å²) in [5, 5.41) is 6.87. The Kier molecular flexibility index (Phi) is 11.5. The van der Waals surface area contributed by atoms with Crippen LogP contribution in [0.3, 0.4) is 0 Å². The number of methoxy groups -OCH3 is 3. The van der Waals surface area contributed by atoms with Crippen LogP contribution in [0, 0.1) is 5.92 Å². The molecule has 166 valence electrons. The second-order valence-electron chi connectivity index (χ2n) is 7.39. The third-order valence-electron chi connectivity index (χ3n) is 5.27. The van der Waals surface area contributed by atoms with E-state index in [1.54, 1.807) is 28.4 Å². The molecule has 2 rings (SSSR count). The topological polar surface area (TPSA) is 67.4 Å². The van der Waals surface area contributed by atoms with Crippen molar-refractivity contribution in [2.45, 2.75) is 39.3 Å². The molecular formula is C21H37IN4O3. The summed E-state index contributed by atoms with van der Waals surface area (Å²) in [4.78, 5) is 6.96. The highest BCUT2D eigenvalue weighted by Gasteiger charge is 2.24. The minimum atomic E-state index is 0. The molecule has 1 aliphatic heterocycles. The van der Waals surface area contributed by atoms with Gasteiger partial charge in [-0.05, 0) is 49.5 Å². The van der Waals surface area contributed by atoms with Crippen molar-refractivity contribution >= 4 is 29.9 Å². The van der Waals surface area contributed by atoms with Crippen LogP contribution in [0.15, 0.2) is 17.1 Å². The molecule has 1 heterocycles. The van der Waals surface area contributed by atoms with Gasteiger partial charge in [-0.2, -0.15) is 0 Å². The molecule has 29 heavy (non-hydrogen) atoms. The highest BCUT2D eigenvalue weighted by Crippen LogP contribution is 2.38. The number of guanidine groups is 1. The lowest BCUT2D eigenvalue weighted by molar-refractivity contribution is 0.192. The van der Waals surface area contributed by atoms with Crippen LogP contribution in [0.4, 0.5) is 0 Å². The van der Waals surface area contributed by atoms with Crippen molar-refractivity contribution in [1.29, 1.82) is 0 Å². The van der Waals surface area contributed by atoms with Gasteiger partial charge in [-0.25, -0.2) is 0 Å². The summed E-state index contributed by atoms with van der Waals surface area (Å²) in [6, 6.07) is 4.41. The monoisotopic (exact) mass is 520 g/mol. The fourth-order valence-electron chi connectivity index (χ4n) is 3.70. The van der Waals surface area contributed by atoms with Crippen LogP contribution in [0.25, 0.3) is 0 Å². The van der Waals surface area contributed by atoms with E-state index in [9.17, 15) is 0 Å². The highest BCUT2D eigenvalue weighted by atomic mass is 127. The molecule has 0 aromatic heterocycles. The van der Waals surface area contributed by atoms with Gasteiger partial charge in [-0.3, -0.25) is 9.89 Å². The number of ether oxygens (including phenoxy) is 3. The first-order chi connectivity index (χ1) is 13.5. The van der Waals surface area contributed by atoms with E-state index in [4.69, 9.17) is 14.2 Å². The van der Waals surface area contributed by atoms with Gasteiger partial charge in [0, 0.05) is 26.2 Å². The van der Waals surface area contributed by atoms with Gasteiger partial charge in [-0.15, -0.1) is 24.0 Å². The van der Waals surface area contributed by atoms with E-state index >= 15 is 0 Å². The summed E-state index contributed by atoms with van der Waals surface area (Å²) in [7, 11) is 6.65. The number of likely N-dealkylation sites (tertiary alicyclic amines) is 1. The summed E-state index contributed by atoms with van der Waals surface area (Å²) in [6.07, 6.45) is 2.61. The first-order valence-electron chi connectivity index (χ1n) is 10.0. The first kappa shape index (κ1) is 25.6. The summed E-state index contributed by atoms with van der Waals surface area (Å²) in [5.74, 6) is 3.28. The van der Waals surface area contributed by atoms with Crippen molar-refractivity contribution in [2.75, 3.05) is 48.0 Å². The smallest absolute Gasteiger partial charge is 0.203 e. The minimum Gasteiger partial charge on any atom is -0.493 e. The van der Waals surface area contributed by atoms with Gasteiger partial charge in [-0.1, -0.05) is 13.8 Å². The molecule has 0 amide bonds. The van der Waals surface area contributed by atoms with Crippen LogP contribution >= 0.6 is 24.0 Å². The highest BCUT2D eigenvalue weighted by molar-refractivity contribution is 14.0. The second kappa shape index (κ2) is 13.0. The van der Waals surface area contributed by atoms with Gasteiger partial charge in [0.25, 0.3) is 0 Å². The zero-order valence-electron chi connectivity index (χ0n) is 18.6. The van der Waals surface area contributed by atoms with E-state index in [1.807, 2.05) is 12.1 Å². The van der Waals surface area contributed by atoms with Crippen molar-refractivity contribution in [1.82, 2.24) is 15.5 Å². The van der Waals surface area contributed by atoms with Gasteiger partial charge in [0.15, 0.2) is 17.5 Å². The molecule has 1 atom stereocenters. The van der Waals surface area contributed by atoms with E-state index in [0.717, 1.165) is 18.1 Å². The van der Waals surface area contributed by atoms with Gasteiger partial charge in [0.1, 0.15) is 0 Å². The average molecular weight is 520 g/mol. The van der Waals surface area contributed by atoms with Crippen LogP contribution in [0.2, 0.25) is 0 Å². The molecule has 1 saturated heterocycles. The first-order valence-corrected chi connectivity index (χ1v) is 10.0. The summed E-state index contributed by atoms with van der Waals surface area (Å²) in [6.45, 7) is 8.45. The number of halogens is 1. The van der Waals surface area contributed by atoms with Crippen molar-refractivity contribution in [2.24, 2.45) is 10.9 Å². The van der Waals surface area contributed by atoms with E-state index in [1.165, 1.54) is 25.9 Å². The molecule has 1 aliphatic rings. The summed E-state index contributed by atoms with van der Waals surface area (Å²) >= 11 is 0. The number of hydrogen-bond acceptors (Lipinski definition) is 5. The van der Waals surface area contributed by atoms with Crippen LogP contribution in [-0.2, 0) is 6.54 Å². The van der Waals surface area contributed by atoms with Gasteiger partial charge in [0.2, 0.25) is 5.75 Å². The third kappa shape index (κ3) is 7.09. The quantitative estimate of drug-likeness (QED) is 0.297. The van der Waals surface area contributed by atoms with Crippen LogP contribution in [0.5, 0.6) is 17.2 Å². The fourth-order valence-corrected chi connectivity index (χ4v) is 3.70. The number of rotatable bonds is 9. The molecule has 0 aliphatic carbocycles. The van der Waals surface area contributed by atoms with E-state index in [0.29, 0.717) is 35.8 Å². The average Bonchev–Trinajstić information content (AvgIpc) is 3.23. The Hall–Kier alpha value is -1.42. The molecule has 0 bridgehead atoms. The third-order valence-corrected chi connectivity index (χ3v) is 5.27. The zero-order valence-corrected chi connectivity index (χ0v) is 20.9. The molecule has 7 nitrogen and oxygen atoms in total. The van der Waals surface area contributed by atoms with Gasteiger partial charge < -0.3 is 24.8 Å². The molecule has 0 spiro atoms. The molecule has 1 unspecified atom stereocenters. The van der Waals surface area contributed by atoms with Crippen molar-refractivity contribution < 1.29 is 14.2 Å². The number of nitrogens with zero attached hydrogens (tertiary/aromatic N) is 2. The maximum absolute atomic E-state index is 5.43. The Morgan fingerprint density at radius 3 is 2.07 bits per heavy atom. The largest absolute Gasteiger partial charge is 0.493 e. The lowest BCUT2D eigenvalue weighted by atomic mass is 10.0. The summed E-state index contributed by atoms with van der Waals surface area (Å²) in [5.41, 5.74) is 1.03. The molecule has 1 fully saturated rings. The molecular weight excluding hydrogens is 483 g/mol. The van der Waals surface area contributed by atoms with Gasteiger partial charge >= 0.3 is 0 Å². The maximum Gasteiger partial charge on any atom is 0.203 e. The fraction of sp³-hybridized carbons (Fsp3) is 0.667.